The minimum absolute atomic E-state index is 0.158. The molecule has 1 saturated heterocycles. The molecule has 0 aliphatic carbocycles. The van der Waals surface area contributed by atoms with Crippen LogP contribution < -0.4 is 16.2 Å². The number of hydrogen-bond donors (Lipinski definition) is 3. The number of likely N-dealkylation sites (tertiary alicyclic amines) is 1. The van der Waals surface area contributed by atoms with Gasteiger partial charge < -0.3 is 21.3 Å². The van der Waals surface area contributed by atoms with E-state index in [1.165, 1.54) is 0 Å². The van der Waals surface area contributed by atoms with Crippen LogP contribution in [0, 0.1) is 0 Å². The van der Waals surface area contributed by atoms with Gasteiger partial charge in [0.05, 0.1) is 6.04 Å². The highest BCUT2D eigenvalue weighted by Crippen LogP contribution is 2.18. The lowest BCUT2D eigenvalue weighted by molar-refractivity contribution is -0.125. The number of hydrogen-bond acceptors (Lipinski definition) is 5. The molecule has 1 aliphatic rings. The van der Waals surface area contributed by atoms with Gasteiger partial charge in [0.2, 0.25) is 5.91 Å². The van der Waals surface area contributed by atoms with Crippen LogP contribution in [0.15, 0.2) is 24.3 Å². The summed E-state index contributed by atoms with van der Waals surface area (Å²) < 4.78 is 5.51. The molecular weight excluding hydrogens is 270 g/mol. The highest BCUT2D eigenvalue weighted by molar-refractivity contribution is 5.79. The Morgan fingerprint density at radius 3 is 3.00 bits per heavy atom. The fourth-order valence-electron chi connectivity index (χ4n) is 2.65. The minimum atomic E-state index is -0.675. The number of nitrogens with two attached hydrogens (primary N) is 2. The molecule has 0 saturated carbocycles. The van der Waals surface area contributed by atoms with Crippen molar-refractivity contribution in [3.63, 3.8) is 0 Å². The molecule has 0 bridgehead atoms. The number of nitrogen functional groups attached to an aromatic ring is 1. The molecule has 2 unspecified atom stereocenters. The SMILES string of the molecule is NC(=O)C1CCCCN1CC(O)COc1cccc(N)c1. The number of carbonyl (C=O) groups is 1. The summed E-state index contributed by atoms with van der Waals surface area (Å²) in [6, 6.07) is 6.79. The number of β-amino-alcohol motifs (C(OH)–C–C–N with tert-alkyl or cyclic N) is 1. The summed E-state index contributed by atoms with van der Waals surface area (Å²) in [6.07, 6.45) is 2.11. The summed E-state index contributed by atoms with van der Waals surface area (Å²) in [7, 11) is 0. The Bertz CT molecular complexity index is 481. The molecule has 5 N–H and O–H groups in total. The molecule has 0 spiro atoms. The Hall–Kier alpha value is -1.79. The van der Waals surface area contributed by atoms with Crippen molar-refractivity contribution >= 4 is 11.6 Å². The van der Waals surface area contributed by atoms with Crippen molar-refractivity contribution in [1.29, 1.82) is 0 Å². The molecule has 116 valence electrons. The number of aliphatic hydroxyl groups is 1. The summed E-state index contributed by atoms with van der Waals surface area (Å²) in [5.41, 5.74) is 11.7. The molecule has 0 aromatic heterocycles. The fourth-order valence-corrected chi connectivity index (χ4v) is 2.65. The van der Waals surface area contributed by atoms with E-state index in [-0.39, 0.29) is 18.6 Å². The van der Waals surface area contributed by atoms with Gasteiger partial charge in [-0.15, -0.1) is 0 Å². The van der Waals surface area contributed by atoms with Gasteiger partial charge in [-0.25, -0.2) is 0 Å². The predicted octanol–water partition coefficient (Wildman–Crippen LogP) is 0.348. The number of anilines is 1. The van der Waals surface area contributed by atoms with Gasteiger partial charge in [-0.3, -0.25) is 9.69 Å². The van der Waals surface area contributed by atoms with Crippen molar-refractivity contribution < 1.29 is 14.6 Å². The summed E-state index contributed by atoms with van der Waals surface area (Å²) in [4.78, 5) is 13.4. The van der Waals surface area contributed by atoms with E-state index < -0.39 is 6.10 Å². The van der Waals surface area contributed by atoms with Gasteiger partial charge in [-0.1, -0.05) is 12.5 Å². The number of amides is 1. The highest BCUT2D eigenvalue weighted by Gasteiger charge is 2.28. The fraction of sp³-hybridized carbons (Fsp3) is 0.533. The number of carbonyl (C=O) groups excluding carboxylic acids is 1. The molecule has 6 heteroatoms. The second-order valence-electron chi connectivity index (χ2n) is 5.45. The maximum Gasteiger partial charge on any atom is 0.234 e. The maximum absolute atomic E-state index is 11.4. The Morgan fingerprint density at radius 1 is 1.48 bits per heavy atom. The lowest BCUT2D eigenvalue weighted by Crippen LogP contribution is -2.50. The molecule has 21 heavy (non-hydrogen) atoms. The standard InChI is InChI=1S/C15H23N3O3/c16-11-4-3-5-13(8-11)21-10-12(19)9-18-7-2-1-6-14(18)15(17)20/h3-5,8,12,14,19H,1-2,6-7,9-10,16H2,(H2,17,20). The maximum atomic E-state index is 11.4. The van der Waals surface area contributed by atoms with E-state index in [4.69, 9.17) is 16.2 Å². The largest absolute Gasteiger partial charge is 0.491 e. The number of rotatable bonds is 6. The van der Waals surface area contributed by atoms with Gasteiger partial charge in [-0.2, -0.15) is 0 Å². The van der Waals surface area contributed by atoms with Gasteiger partial charge in [0.15, 0.2) is 0 Å². The second-order valence-corrected chi connectivity index (χ2v) is 5.45. The molecule has 1 aromatic rings. The number of aliphatic hydroxyl groups excluding tert-OH is 1. The zero-order valence-electron chi connectivity index (χ0n) is 12.1. The minimum Gasteiger partial charge on any atom is -0.491 e. The zero-order valence-corrected chi connectivity index (χ0v) is 12.1. The van der Waals surface area contributed by atoms with E-state index in [0.717, 1.165) is 25.8 Å². The molecule has 2 atom stereocenters. The summed E-state index contributed by atoms with van der Waals surface area (Å²) in [6.45, 7) is 1.32. The third-order valence-electron chi connectivity index (χ3n) is 3.69. The number of primary amides is 1. The first-order chi connectivity index (χ1) is 10.1. The van der Waals surface area contributed by atoms with Crippen LogP contribution in [0.5, 0.6) is 5.75 Å². The van der Waals surface area contributed by atoms with Crippen LogP contribution in [-0.4, -0.2) is 47.8 Å². The van der Waals surface area contributed by atoms with Crippen molar-refractivity contribution in [2.45, 2.75) is 31.4 Å². The third kappa shape index (κ3) is 4.61. The van der Waals surface area contributed by atoms with Crippen LogP contribution in [0.25, 0.3) is 0 Å². The van der Waals surface area contributed by atoms with Crippen LogP contribution in [0.3, 0.4) is 0 Å². The number of piperidine rings is 1. The topological polar surface area (TPSA) is 102 Å². The lowest BCUT2D eigenvalue weighted by Gasteiger charge is -2.34. The number of ether oxygens (including phenoxy) is 1. The van der Waals surface area contributed by atoms with Crippen molar-refractivity contribution in [3.05, 3.63) is 24.3 Å². The van der Waals surface area contributed by atoms with E-state index in [0.29, 0.717) is 18.0 Å². The van der Waals surface area contributed by atoms with E-state index in [9.17, 15) is 9.90 Å². The van der Waals surface area contributed by atoms with Crippen LogP contribution in [0.1, 0.15) is 19.3 Å². The molecule has 1 aliphatic heterocycles. The Kier molecular flexibility index (Phi) is 5.41. The first kappa shape index (κ1) is 15.6. The van der Waals surface area contributed by atoms with Crippen molar-refractivity contribution in [2.75, 3.05) is 25.4 Å². The van der Waals surface area contributed by atoms with E-state index in [2.05, 4.69) is 0 Å². The third-order valence-corrected chi connectivity index (χ3v) is 3.69. The first-order valence-electron chi connectivity index (χ1n) is 7.26. The van der Waals surface area contributed by atoms with Gasteiger partial charge >= 0.3 is 0 Å². The average Bonchev–Trinajstić information content (AvgIpc) is 2.45. The Morgan fingerprint density at radius 2 is 2.29 bits per heavy atom. The van der Waals surface area contributed by atoms with Gasteiger partial charge in [0.25, 0.3) is 0 Å². The monoisotopic (exact) mass is 293 g/mol. The van der Waals surface area contributed by atoms with Crippen molar-refractivity contribution in [1.82, 2.24) is 4.90 Å². The molecule has 1 amide bonds. The van der Waals surface area contributed by atoms with Gasteiger partial charge in [0, 0.05) is 18.3 Å². The lowest BCUT2D eigenvalue weighted by atomic mass is 10.0. The van der Waals surface area contributed by atoms with Gasteiger partial charge in [-0.05, 0) is 31.5 Å². The number of nitrogens with zero attached hydrogens (tertiary/aromatic N) is 1. The first-order valence-corrected chi connectivity index (χ1v) is 7.26. The molecule has 1 aromatic carbocycles. The molecule has 6 nitrogen and oxygen atoms in total. The predicted molar refractivity (Wildman–Crippen MR) is 80.8 cm³/mol. The molecular formula is C15H23N3O3. The van der Waals surface area contributed by atoms with Crippen LogP contribution in [-0.2, 0) is 4.79 Å². The molecule has 0 radical (unpaired) electrons. The Labute approximate surface area is 124 Å². The highest BCUT2D eigenvalue weighted by atomic mass is 16.5. The van der Waals surface area contributed by atoms with Crippen molar-refractivity contribution in [3.8, 4) is 5.75 Å². The van der Waals surface area contributed by atoms with E-state index >= 15 is 0 Å². The number of benzene rings is 1. The van der Waals surface area contributed by atoms with Crippen LogP contribution in [0.4, 0.5) is 5.69 Å². The van der Waals surface area contributed by atoms with Crippen LogP contribution in [0.2, 0.25) is 0 Å². The molecule has 2 rings (SSSR count). The van der Waals surface area contributed by atoms with Crippen molar-refractivity contribution in [2.24, 2.45) is 5.73 Å². The zero-order chi connectivity index (χ0) is 15.2. The second kappa shape index (κ2) is 7.28. The summed E-state index contributed by atoms with van der Waals surface area (Å²) >= 11 is 0. The molecule has 1 heterocycles. The Balaban J connectivity index is 1.83. The van der Waals surface area contributed by atoms with Crippen LogP contribution >= 0.6 is 0 Å². The van der Waals surface area contributed by atoms with E-state index in [1.807, 2.05) is 4.90 Å². The summed E-state index contributed by atoms with van der Waals surface area (Å²) in [5.74, 6) is 0.304. The normalized spacial score (nSPS) is 20.9. The summed E-state index contributed by atoms with van der Waals surface area (Å²) in [5, 5.41) is 10.1. The van der Waals surface area contributed by atoms with Gasteiger partial charge in [0.1, 0.15) is 18.5 Å². The smallest absolute Gasteiger partial charge is 0.234 e. The quantitative estimate of drug-likeness (QED) is 0.657. The average molecular weight is 293 g/mol. The van der Waals surface area contributed by atoms with E-state index in [1.54, 1.807) is 24.3 Å². The molecule has 1 fully saturated rings.